The van der Waals surface area contributed by atoms with Gasteiger partial charge in [0, 0.05) is 37.9 Å². The van der Waals surface area contributed by atoms with Gasteiger partial charge >= 0.3 is 0 Å². The number of hydrogen-bond donors (Lipinski definition) is 1. The summed E-state index contributed by atoms with van der Waals surface area (Å²) in [5.74, 6) is 0.676. The van der Waals surface area contributed by atoms with Gasteiger partial charge in [-0.25, -0.2) is 13.1 Å². The zero-order chi connectivity index (χ0) is 30.8. The van der Waals surface area contributed by atoms with Gasteiger partial charge in [-0.15, -0.1) is 0 Å². The highest BCUT2D eigenvalue weighted by Gasteiger charge is 2.43. The molecule has 44 heavy (non-hydrogen) atoms. The van der Waals surface area contributed by atoms with Crippen LogP contribution in [0.2, 0.25) is 5.02 Å². The van der Waals surface area contributed by atoms with Crippen LogP contribution in [-0.4, -0.2) is 59.1 Å². The van der Waals surface area contributed by atoms with Gasteiger partial charge in [-0.2, -0.15) is 0 Å². The van der Waals surface area contributed by atoms with E-state index in [1.54, 1.807) is 32.4 Å². The molecule has 238 valence electrons. The van der Waals surface area contributed by atoms with Gasteiger partial charge in [-0.3, -0.25) is 4.79 Å². The molecule has 8 nitrogen and oxygen atoms in total. The number of hydrogen-bond acceptors (Lipinski definition) is 7. The molecular formula is C34H43ClN2O6S. The first kappa shape index (κ1) is 31.4. The zero-order valence-electron chi connectivity index (χ0n) is 25.5. The molecule has 2 aromatic carbocycles. The van der Waals surface area contributed by atoms with Crippen LogP contribution >= 0.6 is 11.6 Å². The molecule has 2 aromatic rings. The van der Waals surface area contributed by atoms with E-state index < -0.39 is 21.2 Å². The van der Waals surface area contributed by atoms with Crippen LogP contribution in [0.3, 0.4) is 0 Å². The summed E-state index contributed by atoms with van der Waals surface area (Å²) in [5, 5.41) is -0.00481. The van der Waals surface area contributed by atoms with Crippen molar-refractivity contribution in [2.45, 2.75) is 75.4 Å². The Bertz CT molecular complexity index is 1500. The number of methoxy groups -OCH3 is 2. The molecule has 0 saturated heterocycles. The van der Waals surface area contributed by atoms with Gasteiger partial charge in [0.2, 0.25) is 10.0 Å². The van der Waals surface area contributed by atoms with Gasteiger partial charge in [-0.05, 0) is 111 Å². The van der Waals surface area contributed by atoms with Crippen molar-refractivity contribution in [1.82, 2.24) is 4.72 Å². The summed E-state index contributed by atoms with van der Waals surface area (Å²) >= 11 is 6.33. The molecule has 4 aliphatic rings. The Balaban J connectivity index is 1.38. The highest BCUT2D eigenvalue weighted by atomic mass is 35.5. The average molecular weight is 643 g/mol. The lowest BCUT2D eigenvalue weighted by Gasteiger charge is -2.43. The summed E-state index contributed by atoms with van der Waals surface area (Å²) < 4.78 is 47.7. The van der Waals surface area contributed by atoms with Crippen LogP contribution in [0.25, 0.3) is 0 Å². The number of fused-ring (bicyclic) bond motifs is 4. The molecule has 0 unspecified atom stereocenters. The monoisotopic (exact) mass is 642 g/mol. The van der Waals surface area contributed by atoms with E-state index in [9.17, 15) is 13.2 Å². The Hall–Kier alpha value is -2.59. The van der Waals surface area contributed by atoms with Gasteiger partial charge in [-0.1, -0.05) is 29.8 Å². The Morgan fingerprint density at radius 1 is 1.00 bits per heavy atom. The minimum absolute atomic E-state index is 0.0405. The number of nitrogens with one attached hydrogen (secondary N) is 1. The lowest BCUT2D eigenvalue weighted by Crippen LogP contribution is -2.44. The second-order valence-corrected chi connectivity index (χ2v) is 15.1. The summed E-state index contributed by atoms with van der Waals surface area (Å²) in [6.45, 7) is 1.96. The van der Waals surface area contributed by atoms with E-state index in [0.29, 0.717) is 49.0 Å². The van der Waals surface area contributed by atoms with Gasteiger partial charge in [0.15, 0.2) is 0 Å². The Kier molecular flexibility index (Phi) is 9.57. The van der Waals surface area contributed by atoms with Crippen molar-refractivity contribution >= 4 is 33.2 Å². The van der Waals surface area contributed by atoms with Gasteiger partial charge in [0.1, 0.15) is 12.4 Å². The van der Waals surface area contributed by atoms with E-state index in [4.69, 9.17) is 25.8 Å². The van der Waals surface area contributed by atoms with Crippen LogP contribution < -0.4 is 14.4 Å². The number of amides is 1. The minimum Gasteiger partial charge on any atom is -0.487 e. The molecule has 2 heterocycles. The number of allylic oxidation sites excluding steroid dienone is 1. The first-order valence-corrected chi connectivity index (χ1v) is 17.8. The van der Waals surface area contributed by atoms with Crippen molar-refractivity contribution in [3.63, 3.8) is 0 Å². The number of rotatable bonds is 2. The fourth-order valence-corrected chi connectivity index (χ4v) is 9.44. The van der Waals surface area contributed by atoms with Crippen LogP contribution in [0.15, 0.2) is 48.6 Å². The first-order valence-electron chi connectivity index (χ1n) is 15.8. The van der Waals surface area contributed by atoms with E-state index in [0.717, 1.165) is 61.5 Å². The Morgan fingerprint density at radius 3 is 2.64 bits per heavy atom. The summed E-state index contributed by atoms with van der Waals surface area (Å²) in [4.78, 5) is 15.9. The maximum absolute atomic E-state index is 13.6. The summed E-state index contributed by atoms with van der Waals surface area (Å²) in [6, 6.07) is 11.2. The van der Waals surface area contributed by atoms with E-state index in [1.807, 2.05) is 18.2 Å². The normalized spacial score (nSPS) is 31.2. The van der Waals surface area contributed by atoms with Crippen LogP contribution in [0.5, 0.6) is 5.75 Å². The van der Waals surface area contributed by atoms with Crippen LogP contribution in [0, 0.1) is 17.8 Å². The van der Waals surface area contributed by atoms with Crippen LogP contribution in [-0.2, 0) is 32.5 Å². The van der Waals surface area contributed by atoms with E-state index in [2.05, 4.69) is 21.8 Å². The topological polar surface area (TPSA) is 94.2 Å². The molecule has 1 N–H and O–H groups in total. The van der Waals surface area contributed by atoms with Crippen LogP contribution in [0.1, 0.15) is 66.4 Å². The molecular weight excluding hydrogens is 600 g/mol. The van der Waals surface area contributed by atoms with Crippen molar-refractivity contribution in [2.24, 2.45) is 17.8 Å². The SMILES string of the molecule is CO[C@H]1C[C@@H]2C/C=C/[C@H](OC)[C@@H]3CC[C@H]3CN3CCCCc4cc(Cl)ccc4COc4ccc(cc43)C(=O)NS(=O)(=O)[C@H]2C1. The Labute approximate surface area is 266 Å². The quantitative estimate of drug-likeness (QED) is 0.407. The smallest absolute Gasteiger partial charge is 0.264 e. The number of sulfonamides is 1. The average Bonchev–Trinajstić information content (AvgIpc) is 3.41. The summed E-state index contributed by atoms with van der Waals surface area (Å²) in [5.41, 5.74) is 3.39. The maximum Gasteiger partial charge on any atom is 0.264 e. The molecule has 0 spiro atoms. The van der Waals surface area contributed by atoms with Crippen molar-refractivity contribution in [3.8, 4) is 5.75 Å². The maximum atomic E-state index is 13.6. The molecule has 6 atom stereocenters. The summed E-state index contributed by atoms with van der Waals surface area (Å²) in [6.07, 6.45) is 10.6. The van der Waals surface area contributed by atoms with E-state index >= 15 is 0 Å². The van der Waals surface area contributed by atoms with E-state index in [1.165, 1.54) is 5.56 Å². The van der Waals surface area contributed by atoms with Crippen molar-refractivity contribution in [2.75, 3.05) is 32.2 Å². The number of ether oxygens (including phenoxy) is 3. The van der Waals surface area contributed by atoms with Crippen molar-refractivity contribution < 1.29 is 27.4 Å². The number of halogens is 1. The van der Waals surface area contributed by atoms with Crippen molar-refractivity contribution in [3.05, 3.63) is 70.3 Å². The third-order valence-corrected chi connectivity index (χ3v) is 12.3. The number of anilines is 1. The molecule has 0 aromatic heterocycles. The Morgan fingerprint density at radius 2 is 1.86 bits per heavy atom. The summed E-state index contributed by atoms with van der Waals surface area (Å²) in [7, 11) is -0.583. The standard InChI is InChI=1S/C34H43ClN2O6S/c1-41-28-17-23-7-5-8-31(42-2)29-13-10-25(29)20-37-15-4-3-6-22-16-27(35)12-9-26(22)21-43-32-14-11-24(18-30(32)37)34(38)36-44(39,40)33(23)19-28/h5,8-9,11-12,14,16,18,23,25,28-29,31,33H,3-4,6-7,10,13,15,17,19-21H2,1-2H3,(H,36,38)/b8-5+/t23-,25-,28-,29+,31-,33-/m0/s1. The molecule has 1 amide bonds. The lowest BCUT2D eigenvalue weighted by atomic mass is 9.70. The molecule has 2 fully saturated rings. The predicted molar refractivity (Wildman–Crippen MR) is 172 cm³/mol. The number of carbonyl (C=O) groups excluding carboxylic acids is 1. The predicted octanol–water partition coefficient (Wildman–Crippen LogP) is 5.92. The van der Waals surface area contributed by atoms with Crippen LogP contribution in [0.4, 0.5) is 5.69 Å². The highest BCUT2D eigenvalue weighted by molar-refractivity contribution is 7.90. The second kappa shape index (κ2) is 13.4. The molecule has 2 aliphatic carbocycles. The van der Waals surface area contributed by atoms with Gasteiger partial charge in [0.25, 0.3) is 5.91 Å². The number of carbonyl (C=O) groups is 1. The highest BCUT2D eigenvalue weighted by Crippen LogP contribution is 2.42. The molecule has 6 rings (SSSR count). The number of nitrogens with zero attached hydrogens (tertiary/aromatic N) is 1. The molecule has 0 radical (unpaired) electrons. The minimum atomic E-state index is -3.96. The van der Waals surface area contributed by atoms with Gasteiger partial charge < -0.3 is 19.1 Å². The van der Waals surface area contributed by atoms with Gasteiger partial charge in [0.05, 0.1) is 23.1 Å². The van der Waals surface area contributed by atoms with E-state index in [-0.39, 0.29) is 18.1 Å². The third-order valence-electron chi connectivity index (χ3n) is 10.2. The lowest BCUT2D eigenvalue weighted by molar-refractivity contribution is 0.0134. The first-order chi connectivity index (χ1) is 21.3. The zero-order valence-corrected chi connectivity index (χ0v) is 27.1. The number of benzene rings is 2. The molecule has 2 bridgehead atoms. The molecule has 2 saturated carbocycles. The fourth-order valence-electron chi connectivity index (χ4n) is 7.52. The molecule has 10 heteroatoms. The fraction of sp³-hybridized carbons (Fsp3) is 0.559. The van der Waals surface area contributed by atoms with Crippen molar-refractivity contribution in [1.29, 1.82) is 0 Å². The second-order valence-electron chi connectivity index (χ2n) is 12.8. The molecule has 2 aliphatic heterocycles. The largest absolute Gasteiger partial charge is 0.487 e. The number of aryl methyl sites for hydroxylation is 1. The third kappa shape index (κ3) is 6.66.